The summed E-state index contributed by atoms with van der Waals surface area (Å²) in [4.78, 5) is 11.8. The molecule has 1 saturated carbocycles. The summed E-state index contributed by atoms with van der Waals surface area (Å²) in [6.45, 7) is 7.26. The fraction of sp³-hybridized carbons (Fsp3) is 0.923. The Labute approximate surface area is 99.4 Å². The average molecular weight is 226 g/mol. The van der Waals surface area contributed by atoms with Crippen LogP contribution < -0.4 is 10.6 Å². The van der Waals surface area contributed by atoms with Gasteiger partial charge in [-0.25, -0.2) is 0 Å². The van der Waals surface area contributed by atoms with Gasteiger partial charge in [0, 0.05) is 6.04 Å². The van der Waals surface area contributed by atoms with Gasteiger partial charge in [0.15, 0.2) is 0 Å². The topological polar surface area (TPSA) is 41.1 Å². The van der Waals surface area contributed by atoms with Crippen molar-refractivity contribution in [1.29, 1.82) is 0 Å². The predicted octanol–water partition coefficient (Wildman–Crippen LogP) is 2.07. The van der Waals surface area contributed by atoms with Gasteiger partial charge in [0.05, 0.1) is 6.04 Å². The molecule has 0 spiro atoms. The van der Waals surface area contributed by atoms with Gasteiger partial charge in [0.25, 0.3) is 0 Å². The lowest BCUT2D eigenvalue weighted by atomic mass is 10.1. The molecule has 2 atom stereocenters. The van der Waals surface area contributed by atoms with Crippen molar-refractivity contribution in [2.24, 2.45) is 5.92 Å². The van der Waals surface area contributed by atoms with E-state index in [1.54, 1.807) is 0 Å². The minimum Gasteiger partial charge on any atom is -0.352 e. The zero-order valence-electron chi connectivity index (χ0n) is 10.9. The van der Waals surface area contributed by atoms with E-state index in [9.17, 15) is 4.79 Å². The second-order valence-corrected chi connectivity index (χ2v) is 5.13. The summed E-state index contributed by atoms with van der Waals surface area (Å²) in [5, 5.41) is 6.41. The fourth-order valence-electron chi connectivity index (χ4n) is 2.01. The van der Waals surface area contributed by atoms with Gasteiger partial charge < -0.3 is 10.6 Å². The number of carbonyl (C=O) groups excluding carboxylic acids is 1. The van der Waals surface area contributed by atoms with Crippen molar-refractivity contribution in [3.63, 3.8) is 0 Å². The molecule has 0 bridgehead atoms. The highest BCUT2D eigenvalue weighted by atomic mass is 16.2. The smallest absolute Gasteiger partial charge is 0.237 e. The minimum absolute atomic E-state index is 0.0606. The summed E-state index contributed by atoms with van der Waals surface area (Å²) in [6.07, 6.45) is 6.00. The largest absolute Gasteiger partial charge is 0.352 e. The molecule has 0 heterocycles. The highest BCUT2D eigenvalue weighted by Gasteiger charge is 2.20. The van der Waals surface area contributed by atoms with E-state index in [1.807, 2.05) is 6.92 Å². The lowest BCUT2D eigenvalue weighted by Crippen LogP contribution is -2.46. The molecule has 0 saturated heterocycles. The van der Waals surface area contributed by atoms with E-state index in [0.717, 1.165) is 25.8 Å². The molecule has 2 N–H and O–H groups in total. The Morgan fingerprint density at radius 2 is 1.94 bits per heavy atom. The molecule has 1 amide bonds. The van der Waals surface area contributed by atoms with Crippen LogP contribution in [0, 0.1) is 5.92 Å². The Kier molecular flexibility index (Phi) is 5.81. The van der Waals surface area contributed by atoms with Crippen molar-refractivity contribution >= 4 is 5.91 Å². The van der Waals surface area contributed by atoms with Crippen LogP contribution in [0.25, 0.3) is 0 Å². The maximum absolute atomic E-state index is 11.8. The Bertz CT molecular complexity index is 212. The standard InChI is InChI=1S/C13H26N2O/c1-4-10(2)9-14-11(3)13(16)15-12-7-5-6-8-12/h10-12,14H,4-9H2,1-3H3,(H,15,16). The van der Waals surface area contributed by atoms with Gasteiger partial charge in [-0.1, -0.05) is 33.1 Å². The molecule has 94 valence electrons. The van der Waals surface area contributed by atoms with E-state index in [2.05, 4.69) is 24.5 Å². The van der Waals surface area contributed by atoms with Crippen LogP contribution in [-0.4, -0.2) is 24.5 Å². The third kappa shape index (κ3) is 4.52. The molecule has 3 heteroatoms. The first-order valence-electron chi connectivity index (χ1n) is 6.67. The van der Waals surface area contributed by atoms with Crippen LogP contribution in [0.5, 0.6) is 0 Å². The van der Waals surface area contributed by atoms with Crippen LogP contribution in [0.2, 0.25) is 0 Å². The molecule has 0 radical (unpaired) electrons. The van der Waals surface area contributed by atoms with Crippen molar-refractivity contribution < 1.29 is 4.79 Å². The van der Waals surface area contributed by atoms with Crippen molar-refractivity contribution in [1.82, 2.24) is 10.6 Å². The summed E-state index contributed by atoms with van der Waals surface area (Å²) < 4.78 is 0. The SMILES string of the molecule is CCC(C)CNC(C)C(=O)NC1CCCC1. The molecular formula is C13H26N2O. The number of hydrogen-bond donors (Lipinski definition) is 2. The molecule has 16 heavy (non-hydrogen) atoms. The molecule has 2 unspecified atom stereocenters. The molecule has 0 aromatic carbocycles. The van der Waals surface area contributed by atoms with Gasteiger partial charge >= 0.3 is 0 Å². The van der Waals surface area contributed by atoms with Gasteiger partial charge in [-0.3, -0.25) is 4.79 Å². The molecule has 1 aliphatic rings. The second-order valence-electron chi connectivity index (χ2n) is 5.13. The normalized spacial score (nSPS) is 20.7. The van der Waals surface area contributed by atoms with E-state index in [0.29, 0.717) is 12.0 Å². The molecule has 1 rings (SSSR count). The minimum atomic E-state index is -0.0606. The zero-order chi connectivity index (χ0) is 12.0. The Morgan fingerprint density at radius 3 is 2.50 bits per heavy atom. The van der Waals surface area contributed by atoms with Crippen LogP contribution >= 0.6 is 0 Å². The van der Waals surface area contributed by atoms with Crippen molar-refractivity contribution in [2.75, 3.05) is 6.54 Å². The highest BCUT2D eigenvalue weighted by molar-refractivity contribution is 5.81. The maximum Gasteiger partial charge on any atom is 0.237 e. The monoisotopic (exact) mass is 226 g/mol. The number of amides is 1. The number of nitrogens with one attached hydrogen (secondary N) is 2. The molecule has 0 aliphatic heterocycles. The first-order valence-corrected chi connectivity index (χ1v) is 6.67. The van der Waals surface area contributed by atoms with E-state index in [4.69, 9.17) is 0 Å². The van der Waals surface area contributed by atoms with Crippen molar-refractivity contribution in [3.05, 3.63) is 0 Å². The number of carbonyl (C=O) groups is 1. The summed E-state index contributed by atoms with van der Waals surface area (Å²) >= 11 is 0. The van der Waals surface area contributed by atoms with E-state index >= 15 is 0 Å². The van der Waals surface area contributed by atoms with Crippen LogP contribution in [0.15, 0.2) is 0 Å². The molecule has 0 aromatic rings. The first kappa shape index (κ1) is 13.5. The Balaban J connectivity index is 2.19. The Hall–Kier alpha value is -0.570. The van der Waals surface area contributed by atoms with Crippen LogP contribution in [0.4, 0.5) is 0 Å². The third-order valence-corrected chi connectivity index (χ3v) is 3.56. The molecule has 1 fully saturated rings. The second kappa shape index (κ2) is 6.89. The van der Waals surface area contributed by atoms with Crippen molar-refractivity contribution in [3.8, 4) is 0 Å². The zero-order valence-corrected chi connectivity index (χ0v) is 10.9. The highest BCUT2D eigenvalue weighted by Crippen LogP contribution is 2.17. The van der Waals surface area contributed by atoms with Crippen LogP contribution in [0.3, 0.4) is 0 Å². The lowest BCUT2D eigenvalue weighted by molar-refractivity contribution is -0.123. The van der Waals surface area contributed by atoms with Gasteiger partial charge in [-0.2, -0.15) is 0 Å². The molecule has 0 aromatic heterocycles. The van der Waals surface area contributed by atoms with Crippen molar-refractivity contribution in [2.45, 2.75) is 65.0 Å². The van der Waals surface area contributed by atoms with Gasteiger partial charge in [-0.15, -0.1) is 0 Å². The van der Waals surface area contributed by atoms with E-state index in [1.165, 1.54) is 12.8 Å². The molecule has 3 nitrogen and oxygen atoms in total. The first-order chi connectivity index (χ1) is 7.63. The van der Waals surface area contributed by atoms with Gasteiger partial charge in [0.2, 0.25) is 5.91 Å². The quantitative estimate of drug-likeness (QED) is 0.728. The number of hydrogen-bond acceptors (Lipinski definition) is 2. The summed E-state index contributed by atoms with van der Waals surface area (Å²) in [5.74, 6) is 0.803. The predicted molar refractivity (Wildman–Crippen MR) is 67.3 cm³/mol. The molecular weight excluding hydrogens is 200 g/mol. The van der Waals surface area contributed by atoms with Gasteiger partial charge in [0.1, 0.15) is 0 Å². The average Bonchev–Trinajstić information content (AvgIpc) is 2.77. The van der Waals surface area contributed by atoms with E-state index in [-0.39, 0.29) is 11.9 Å². The summed E-state index contributed by atoms with van der Waals surface area (Å²) in [5.41, 5.74) is 0. The maximum atomic E-state index is 11.8. The van der Waals surface area contributed by atoms with E-state index < -0.39 is 0 Å². The number of rotatable bonds is 6. The molecule has 1 aliphatic carbocycles. The summed E-state index contributed by atoms with van der Waals surface area (Å²) in [6, 6.07) is 0.370. The summed E-state index contributed by atoms with van der Waals surface area (Å²) in [7, 11) is 0. The fourth-order valence-corrected chi connectivity index (χ4v) is 2.01. The Morgan fingerprint density at radius 1 is 1.31 bits per heavy atom. The van der Waals surface area contributed by atoms with Gasteiger partial charge in [-0.05, 0) is 32.2 Å². The van der Waals surface area contributed by atoms with Crippen LogP contribution in [0.1, 0.15) is 52.9 Å². The third-order valence-electron chi connectivity index (χ3n) is 3.56. The van der Waals surface area contributed by atoms with Crippen LogP contribution in [-0.2, 0) is 4.79 Å². The lowest BCUT2D eigenvalue weighted by Gasteiger charge is -2.19.